The van der Waals surface area contributed by atoms with Crippen LogP contribution in [0.2, 0.25) is 0 Å². The van der Waals surface area contributed by atoms with E-state index in [4.69, 9.17) is 18.3 Å². The average molecular weight is 457 g/mol. The second-order valence-electron chi connectivity index (χ2n) is 6.64. The minimum atomic E-state index is -0.891. The average Bonchev–Trinajstić information content (AvgIpc) is 3.53. The number of carbonyl (C=O) groups is 3. The minimum absolute atomic E-state index is 0.0838. The zero-order valence-corrected chi connectivity index (χ0v) is 18.0. The van der Waals surface area contributed by atoms with E-state index in [-0.39, 0.29) is 30.2 Å². The molecule has 3 aromatic rings. The second-order valence-corrected chi connectivity index (χ2v) is 7.84. The molecule has 0 saturated heterocycles. The van der Waals surface area contributed by atoms with Crippen molar-refractivity contribution in [1.29, 1.82) is 0 Å². The van der Waals surface area contributed by atoms with Gasteiger partial charge in [-0.3, -0.25) is 0 Å². The van der Waals surface area contributed by atoms with E-state index >= 15 is 0 Å². The van der Waals surface area contributed by atoms with Crippen LogP contribution in [0.15, 0.2) is 56.9 Å². The van der Waals surface area contributed by atoms with Crippen molar-refractivity contribution >= 4 is 29.3 Å². The standard InChI is InChI=1S/C21H19N3O7S/c1-3-28-19(25)15-12(22-21(27)24-17(15)13-6-4-8-29-13)10-31-20(26)16-11(2)32-18(23-16)14-7-5-9-30-14/h4-9,17H,3,10H2,1-2H3,(H2,22,24,27). The van der Waals surface area contributed by atoms with Crippen LogP contribution in [0.4, 0.5) is 4.79 Å². The number of nitrogens with zero attached hydrogens (tertiary/aromatic N) is 1. The number of amides is 2. The van der Waals surface area contributed by atoms with E-state index < -0.39 is 24.0 Å². The summed E-state index contributed by atoms with van der Waals surface area (Å²) in [6.45, 7) is 3.16. The molecule has 1 aliphatic rings. The van der Waals surface area contributed by atoms with Gasteiger partial charge in [0.25, 0.3) is 0 Å². The van der Waals surface area contributed by atoms with Crippen LogP contribution in [0.5, 0.6) is 0 Å². The molecule has 0 radical (unpaired) electrons. The lowest BCUT2D eigenvalue weighted by Gasteiger charge is -2.27. The van der Waals surface area contributed by atoms with Crippen LogP contribution in [0.25, 0.3) is 10.8 Å². The molecule has 4 rings (SSSR count). The van der Waals surface area contributed by atoms with Crippen molar-refractivity contribution in [2.75, 3.05) is 13.2 Å². The van der Waals surface area contributed by atoms with Crippen LogP contribution < -0.4 is 10.6 Å². The topological polar surface area (TPSA) is 133 Å². The summed E-state index contributed by atoms with van der Waals surface area (Å²) in [7, 11) is 0. The normalized spacial score (nSPS) is 15.8. The van der Waals surface area contributed by atoms with Crippen molar-refractivity contribution in [3.63, 3.8) is 0 Å². The van der Waals surface area contributed by atoms with Crippen LogP contribution >= 0.6 is 11.3 Å². The third kappa shape index (κ3) is 4.28. The minimum Gasteiger partial charge on any atom is -0.467 e. The SMILES string of the molecule is CCOC(=O)C1=C(COC(=O)c2nc(-c3ccco3)sc2C)NC(=O)NC1c1ccco1. The Morgan fingerprint density at radius 2 is 1.94 bits per heavy atom. The molecule has 2 amide bonds. The Kier molecular flexibility index (Phi) is 6.08. The zero-order chi connectivity index (χ0) is 22.7. The number of aromatic nitrogens is 1. The smallest absolute Gasteiger partial charge is 0.358 e. The number of carbonyl (C=O) groups excluding carboxylic acids is 3. The number of furan rings is 2. The summed E-state index contributed by atoms with van der Waals surface area (Å²) in [5, 5.41) is 5.69. The van der Waals surface area contributed by atoms with Gasteiger partial charge in [-0.2, -0.15) is 0 Å². The lowest BCUT2D eigenvalue weighted by Crippen LogP contribution is -2.47. The van der Waals surface area contributed by atoms with Gasteiger partial charge >= 0.3 is 18.0 Å². The first-order valence-corrected chi connectivity index (χ1v) is 10.5. The summed E-state index contributed by atoms with van der Waals surface area (Å²) in [4.78, 5) is 42.5. The largest absolute Gasteiger partial charge is 0.467 e. The number of thiazole rings is 1. The Morgan fingerprint density at radius 1 is 1.16 bits per heavy atom. The molecular weight excluding hydrogens is 438 g/mol. The summed E-state index contributed by atoms with van der Waals surface area (Å²) in [5.74, 6) is -0.492. The highest BCUT2D eigenvalue weighted by Gasteiger charge is 2.36. The van der Waals surface area contributed by atoms with Crippen molar-refractivity contribution in [2.24, 2.45) is 0 Å². The fourth-order valence-corrected chi connectivity index (χ4v) is 4.02. The molecule has 3 aromatic heterocycles. The molecule has 0 bridgehead atoms. The van der Waals surface area contributed by atoms with E-state index in [0.717, 1.165) is 0 Å². The van der Waals surface area contributed by atoms with Crippen molar-refractivity contribution in [3.8, 4) is 10.8 Å². The maximum absolute atomic E-state index is 12.7. The molecular formula is C21H19N3O7S. The molecule has 11 heteroatoms. The number of aryl methyl sites for hydroxylation is 1. The Bertz CT molecular complexity index is 1160. The van der Waals surface area contributed by atoms with E-state index in [0.29, 0.717) is 21.4 Å². The quantitative estimate of drug-likeness (QED) is 0.516. The Balaban J connectivity index is 1.59. The first kappa shape index (κ1) is 21.4. The van der Waals surface area contributed by atoms with Gasteiger partial charge in [-0.1, -0.05) is 0 Å². The molecule has 1 atom stereocenters. The molecule has 10 nitrogen and oxygen atoms in total. The highest BCUT2D eigenvalue weighted by molar-refractivity contribution is 7.15. The Morgan fingerprint density at radius 3 is 2.62 bits per heavy atom. The molecule has 2 N–H and O–H groups in total. The molecule has 0 saturated carbocycles. The summed E-state index contributed by atoms with van der Waals surface area (Å²) in [6.07, 6.45) is 2.94. The fourth-order valence-electron chi connectivity index (χ4n) is 3.15. The molecule has 0 aromatic carbocycles. The van der Waals surface area contributed by atoms with E-state index in [2.05, 4.69) is 15.6 Å². The fraction of sp³-hybridized carbons (Fsp3) is 0.238. The number of nitrogens with one attached hydrogen (secondary N) is 2. The maximum Gasteiger partial charge on any atom is 0.358 e. The zero-order valence-electron chi connectivity index (χ0n) is 17.2. The maximum atomic E-state index is 12.7. The van der Waals surface area contributed by atoms with Crippen LogP contribution in [-0.4, -0.2) is 36.2 Å². The molecule has 166 valence electrons. The number of urea groups is 1. The molecule has 32 heavy (non-hydrogen) atoms. The van der Waals surface area contributed by atoms with Gasteiger partial charge in [0.05, 0.1) is 30.4 Å². The predicted octanol–water partition coefficient (Wildman–Crippen LogP) is 3.33. The molecule has 1 aliphatic heterocycles. The molecule has 4 heterocycles. The molecule has 1 unspecified atom stereocenters. The van der Waals surface area contributed by atoms with Crippen molar-refractivity contribution in [2.45, 2.75) is 19.9 Å². The van der Waals surface area contributed by atoms with E-state index in [1.807, 2.05) is 0 Å². The van der Waals surface area contributed by atoms with Gasteiger partial charge in [0.2, 0.25) is 0 Å². The number of hydrogen-bond donors (Lipinski definition) is 2. The van der Waals surface area contributed by atoms with Crippen LogP contribution in [0, 0.1) is 6.92 Å². The predicted molar refractivity (Wildman–Crippen MR) is 112 cm³/mol. The first-order valence-electron chi connectivity index (χ1n) is 9.67. The highest BCUT2D eigenvalue weighted by Crippen LogP contribution is 2.30. The van der Waals surface area contributed by atoms with E-state index in [1.165, 1.54) is 23.9 Å². The van der Waals surface area contributed by atoms with Gasteiger partial charge in [-0.05, 0) is 38.1 Å². The van der Waals surface area contributed by atoms with E-state index in [1.54, 1.807) is 38.1 Å². The lowest BCUT2D eigenvalue weighted by molar-refractivity contribution is -0.139. The summed E-state index contributed by atoms with van der Waals surface area (Å²) < 4.78 is 21.2. The molecule has 0 fully saturated rings. The van der Waals surface area contributed by atoms with Gasteiger partial charge < -0.3 is 28.9 Å². The molecule has 0 aliphatic carbocycles. The van der Waals surface area contributed by atoms with Gasteiger partial charge in [0, 0.05) is 4.88 Å². The number of rotatable bonds is 7. The number of ether oxygens (including phenoxy) is 2. The van der Waals surface area contributed by atoms with Gasteiger partial charge in [-0.25, -0.2) is 19.4 Å². The first-order chi connectivity index (χ1) is 15.5. The van der Waals surface area contributed by atoms with Gasteiger partial charge in [0.1, 0.15) is 18.4 Å². The third-order valence-corrected chi connectivity index (χ3v) is 5.53. The monoisotopic (exact) mass is 457 g/mol. The van der Waals surface area contributed by atoms with Crippen LogP contribution in [0.3, 0.4) is 0 Å². The highest BCUT2D eigenvalue weighted by atomic mass is 32.1. The number of hydrogen-bond acceptors (Lipinski definition) is 9. The van der Waals surface area contributed by atoms with Crippen LogP contribution in [0.1, 0.15) is 34.1 Å². The van der Waals surface area contributed by atoms with Crippen molar-refractivity contribution < 1.29 is 32.7 Å². The third-order valence-electron chi connectivity index (χ3n) is 4.55. The molecule has 0 spiro atoms. The lowest BCUT2D eigenvalue weighted by atomic mass is 10.0. The van der Waals surface area contributed by atoms with Gasteiger partial charge in [-0.15, -0.1) is 11.3 Å². The summed E-state index contributed by atoms with van der Waals surface area (Å²) in [6, 6.07) is 5.25. The van der Waals surface area contributed by atoms with Crippen molar-refractivity contribution in [1.82, 2.24) is 15.6 Å². The number of esters is 2. The summed E-state index contributed by atoms with van der Waals surface area (Å²) >= 11 is 1.29. The second kappa shape index (κ2) is 9.10. The van der Waals surface area contributed by atoms with Gasteiger partial charge in [0.15, 0.2) is 16.5 Å². The van der Waals surface area contributed by atoms with E-state index in [9.17, 15) is 14.4 Å². The van der Waals surface area contributed by atoms with Crippen LogP contribution in [-0.2, 0) is 14.3 Å². The Hall–Kier alpha value is -3.86. The summed E-state index contributed by atoms with van der Waals surface area (Å²) in [5.41, 5.74) is 0.309. The Labute approximate surface area is 186 Å². The van der Waals surface area contributed by atoms with Crippen molar-refractivity contribution in [3.05, 3.63) is 64.4 Å².